The Morgan fingerprint density at radius 2 is 1.85 bits per heavy atom. The molecular formula is C17H26ClN3O5. The molecule has 0 aliphatic carbocycles. The standard InChI is InChI=1S/C17H25N3O5.ClH/c1-19(16(21)14(18)10-23-2)15-5-6-20(17(15)22)11-7-12(24-3)9-13(8-11)25-4;/h7-9,14-15H,5-6,10,18H2,1-4H3;1H. The number of carbonyl (C=O) groups excluding carboxylic acids is 2. The summed E-state index contributed by atoms with van der Waals surface area (Å²) in [4.78, 5) is 28.2. The van der Waals surface area contributed by atoms with Crippen LogP contribution in [-0.2, 0) is 14.3 Å². The Bertz CT molecular complexity index is 621. The molecule has 146 valence electrons. The van der Waals surface area contributed by atoms with E-state index in [0.29, 0.717) is 30.2 Å². The van der Waals surface area contributed by atoms with Gasteiger partial charge in [-0.05, 0) is 6.42 Å². The monoisotopic (exact) mass is 387 g/mol. The topological polar surface area (TPSA) is 94.3 Å². The number of ether oxygens (including phenoxy) is 3. The fourth-order valence-corrected chi connectivity index (χ4v) is 2.89. The molecule has 1 aromatic rings. The SMILES string of the molecule is COCC(N)C(=O)N(C)C1CCN(c2cc(OC)cc(OC)c2)C1=O.Cl. The lowest BCUT2D eigenvalue weighted by Gasteiger charge is -2.26. The number of methoxy groups -OCH3 is 3. The summed E-state index contributed by atoms with van der Waals surface area (Å²) in [7, 11) is 6.18. The summed E-state index contributed by atoms with van der Waals surface area (Å²) in [5.41, 5.74) is 6.46. The van der Waals surface area contributed by atoms with Gasteiger partial charge in [-0.15, -0.1) is 12.4 Å². The van der Waals surface area contributed by atoms with Gasteiger partial charge in [-0.1, -0.05) is 0 Å². The smallest absolute Gasteiger partial charge is 0.249 e. The fraction of sp³-hybridized carbons (Fsp3) is 0.529. The van der Waals surface area contributed by atoms with Crippen LogP contribution in [-0.4, -0.2) is 70.3 Å². The lowest BCUT2D eigenvalue weighted by atomic mass is 10.2. The van der Waals surface area contributed by atoms with Gasteiger partial charge in [0, 0.05) is 38.9 Å². The molecule has 1 aliphatic heterocycles. The summed E-state index contributed by atoms with van der Waals surface area (Å²) in [5, 5.41) is 0. The van der Waals surface area contributed by atoms with Crippen molar-refractivity contribution in [3.63, 3.8) is 0 Å². The number of benzene rings is 1. The van der Waals surface area contributed by atoms with Gasteiger partial charge in [0.25, 0.3) is 0 Å². The number of anilines is 1. The van der Waals surface area contributed by atoms with Crippen LogP contribution in [0.25, 0.3) is 0 Å². The van der Waals surface area contributed by atoms with E-state index in [0.717, 1.165) is 0 Å². The van der Waals surface area contributed by atoms with Gasteiger partial charge in [0.2, 0.25) is 11.8 Å². The van der Waals surface area contributed by atoms with Crippen molar-refractivity contribution in [2.45, 2.75) is 18.5 Å². The summed E-state index contributed by atoms with van der Waals surface area (Å²) in [6, 6.07) is 3.94. The lowest BCUT2D eigenvalue weighted by Crippen LogP contribution is -2.50. The summed E-state index contributed by atoms with van der Waals surface area (Å²) < 4.78 is 15.4. The number of likely N-dealkylation sites (N-methyl/N-ethyl adjacent to an activating group) is 1. The molecule has 9 heteroatoms. The first-order chi connectivity index (χ1) is 11.9. The highest BCUT2D eigenvalue weighted by molar-refractivity contribution is 6.02. The van der Waals surface area contributed by atoms with E-state index < -0.39 is 12.1 Å². The molecule has 2 atom stereocenters. The Labute approximate surface area is 159 Å². The third kappa shape index (κ3) is 4.57. The molecule has 1 saturated heterocycles. The van der Waals surface area contributed by atoms with Crippen LogP contribution in [0.15, 0.2) is 18.2 Å². The lowest BCUT2D eigenvalue weighted by molar-refractivity contribution is -0.138. The first kappa shape index (κ1) is 22.0. The van der Waals surface area contributed by atoms with Gasteiger partial charge in [0.05, 0.1) is 26.5 Å². The molecular weight excluding hydrogens is 362 g/mol. The van der Waals surface area contributed by atoms with Crippen molar-refractivity contribution in [3.05, 3.63) is 18.2 Å². The Balaban J connectivity index is 0.00000338. The average molecular weight is 388 g/mol. The zero-order valence-electron chi connectivity index (χ0n) is 15.4. The Kier molecular flexibility index (Phi) is 8.13. The summed E-state index contributed by atoms with van der Waals surface area (Å²) in [6.07, 6.45) is 0.528. The molecule has 0 bridgehead atoms. The molecule has 2 unspecified atom stereocenters. The molecule has 1 heterocycles. The van der Waals surface area contributed by atoms with Gasteiger partial charge in [-0.2, -0.15) is 0 Å². The first-order valence-corrected chi connectivity index (χ1v) is 7.98. The van der Waals surface area contributed by atoms with E-state index >= 15 is 0 Å². The summed E-state index contributed by atoms with van der Waals surface area (Å²) >= 11 is 0. The third-order valence-corrected chi connectivity index (χ3v) is 4.30. The van der Waals surface area contributed by atoms with Crippen molar-refractivity contribution < 1.29 is 23.8 Å². The largest absolute Gasteiger partial charge is 0.497 e. The number of carbonyl (C=O) groups is 2. The average Bonchev–Trinajstić information content (AvgIpc) is 3.01. The second-order valence-corrected chi connectivity index (χ2v) is 5.88. The van der Waals surface area contributed by atoms with Gasteiger partial charge in [0.15, 0.2) is 0 Å². The first-order valence-electron chi connectivity index (χ1n) is 7.98. The maximum absolute atomic E-state index is 12.8. The van der Waals surface area contributed by atoms with Crippen LogP contribution in [0.5, 0.6) is 11.5 Å². The van der Waals surface area contributed by atoms with E-state index in [2.05, 4.69) is 0 Å². The molecule has 26 heavy (non-hydrogen) atoms. The van der Waals surface area contributed by atoms with Gasteiger partial charge in [-0.3, -0.25) is 9.59 Å². The minimum Gasteiger partial charge on any atom is -0.497 e. The summed E-state index contributed by atoms with van der Waals surface area (Å²) in [5.74, 6) is 0.718. The second kappa shape index (κ2) is 9.61. The normalized spacial score (nSPS) is 17.5. The molecule has 1 aliphatic rings. The van der Waals surface area contributed by atoms with Crippen LogP contribution < -0.4 is 20.1 Å². The number of nitrogens with zero attached hydrogens (tertiary/aromatic N) is 2. The molecule has 1 fully saturated rings. The van der Waals surface area contributed by atoms with Gasteiger partial charge in [0.1, 0.15) is 23.6 Å². The summed E-state index contributed by atoms with van der Waals surface area (Å²) in [6.45, 7) is 0.609. The van der Waals surface area contributed by atoms with Gasteiger partial charge >= 0.3 is 0 Å². The van der Waals surface area contributed by atoms with E-state index in [9.17, 15) is 9.59 Å². The maximum Gasteiger partial charge on any atom is 0.249 e. The molecule has 8 nitrogen and oxygen atoms in total. The van der Waals surface area contributed by atoms with Crippen LogP contribution in [0.4, 0.5) is 5.69 Å². The van der Waals surface area contributed by atoms with Crippen molar-refractivity contribution in [1.82, 2.24) is 4.90 Å². The van der Waals surface area contributed by atoms with Crippen LogP contribution in [0.2, 0.25) is 0 Å². The number of nitrogens with two attached hydrogens (primary N) is 1. The molecule has 0 saturated carbocycles. The molecule has 1 aromatic carbocycles. The van der Waals surface area contributed by atoms with Gasteiger partial charge < -0.3 is 29.7 Å². The van der Waals surface area contributed by atoms with Crippen molar-refractivity contribution >= 4 is 29.9 Å². The van der Waals surface area contributed by atoms with E-state index in [1.807, 2.05) is 0 Å². The number of hydrogen-bond donors (Lipinski definition) is 1. The number of hydrogen-bond acceptors (Lipinski definition) is 6. The zero-order chi connectivity index (χ0) is 18.6. The van der Waals surface area contributed by atoms with Crippen LogP contribution in [0.3, 0.4) is 0 Å². The highest BCUT2D eigenvalue weighted by atomic mass is 35.5. The van der Waals surface area contributed by atoms with Crippen molar-refractivity contribution in [2.75, 3.05) is 46.4 Å². The van der Waals surface area contributed by atoms with Gasteiger partial charge in [-0.25, -0.2) is 0 Å². The number of amides is 2. The number of halogens is 1. The Morgan fingerprint density at radius 1 is 1.27 bits per heavy atom. The predicted molar refractivity (Wildman–Crippen MR) is 100 cm³/mol. The molecule has 2 amide bonds. The highest BCUT2D eigenvalue weighted by Gasteiger charge is 2.38. The molecule has 0 radical (unpaired) electrons. The third-order valence-electron chi connectivity index (χ3n) is 4.30. The number of rotatable bonds is 7. The maximum atomic E-state index is 12.8. The van der Waals surface area contributed by atoms with Crippen molar-refractivity contribution in [3.8, 4) is 11.5 Å². The minimum absolute atomic E-state index is 0. The van der Waals surface area contributed by atoms with Crippen LogP contribution >= 0.6 is 12.4 Å². The van der Waals surface area contributed by atoms with Crippen LogP contribution in [0.1, 0.15) is 6.42 Å². The second-order valence-electron chi connectivity index (χ2n) is 5.88. The molecule has 0 aromatic heterocycles. The fourth-order valence-electron chi connectivity index (χ4n) is 2.89. The molecule has 0 spiro atoms. The molecule has 2 N–H and O–H groups in total. The Hall–Kier alpha value is -2.03. The van der Waals surface area contributed by atoms with E-state index in [4.69, 9.17) is 19.9 Å². The zero-order valence-corrected chi connectivity index (χ0v) is 16.2. The quantitative estimate of drug-likeness (QED) is 0.738. The van der Waals surface area contributed by atoms with E-state index in [1.54, 1.807) is 44.4 Å². The van der Waals surface area contributed by atoms with E-state index in [1.165, 1.54) is 12.0 Å². The molecule has 2 rings (SSSR count). The van der Waals surface area contributed by atoms with Crippen molar-refractivity contribution in [2.24, 2.45) is 5.73 Å². The van der Waals surface area contributed by atoms with Crippen LogP contribution in [0, 0.1) is 0 Å². The predicted octanol–water partition coefficient (Wildman–Crippen LogP) is 0.663. The Morgan fingerprint density at radius 3 is 2.35 bits per heavy atom. The van der Waals surface area contributed by atoms with E-state index in [-0.39, 0.29) is 30.8 Å². The van der Waals surface area contributed by atoms with Crippen molar-refractivity contribution in [1.29, 1.82) is 0 Å². The minimum atomic E-state index is -0.784. The highest BCUT2D eigenvalue weighted by Crippen LogP contribution is 2.31.